The number of carbonyl (C=O) groups is 2. The smallest absolute Gasteiger partial charge is 0.267 e. The number of H-pyrrole nitrogens is 1. The van der Waals surface area contributed by atoms with Gasteiger partial charge in [0.25, 0.3) is 5.91 Å². The van der Waals surface area contributed by atoms with E-state index in [0.29, 0.717) is 17.8 Å². The number of benzene rings is 1. The van der Waals surface area contributed by atoms with Crippen LogP contribution in [0.3, 0.4) is 0 Å². The Labute approximate surface area is 154 Å². The minimum Gasteiger partial charge on any atom is -0.356 e. The van der Waals surface area contributed by atoms with E-state index in [2.05, 4.69) is 40.3 Å². The molecule has 0 aliphatic carbocycles. The number of piperidine rings is 1. The highest BCUT2D eigenvalue weighted by Crippen LogP contribution is 2.19. The van der Waals surface area contributed by atoms with Crippen molar-refractivity contribution in [3.05, 3.63) is 58.9 Å². The number of hydrogen-bond donors (Lipinski definition) is 2. The summed E-state index contributed by atoms with van der Waals surface area (Å²) in [5, 5.41) is 2.95. The lowest BCUT2D eigenvalue weighted by Crippen LogP contribution is -2.34. The van der Waals surface area contributed by atoms with Gasteiger partial charge in [0, 0.05) is 31.4 Å². The Morgan fingerprint density at radius 3 is 2.73 bits per heavy atom. The van der Waals surface area contributed by atoms with Crippen LogP contribution in [0.25, 0.3) is 0 Å². The van der Waals surface area contributed by atoms with E-state index in [4.69, 9.17) is 0 Å². The van der Waals surface area contributed by atoms with Gasteiger partial charge < -0.3 is 10.3 Å². The molecule has 138 valence electrons. The van der Waals surface area contributed by atoms with Gasteiger partial charge in [-0.05, 0) is 49.4 Å². The third kappa shape index (κ3) is 4.61. The van der Waals surface area contributed by atoms with E-state index in [1.807, 2.05) is 6.07 Å². The number of amides is 1. The number of carbonyl (C=O) groups excluding carboxylic acids is 2. The van der Waals surface area contributed by atoms with E-state index < -0.39 is 0 Å². The molecule has 1 aliphatic heterocycles. The van der Waals surface area contributed by atoms with Crippen LogP contribution in [0.2, 0.25) is 0 Å². The predicted octanol–water partition coefficient (Wildman–Crippen LogP) is 3.38. The molecule has 0 saturated carbocycles. The Morgan fingerprint density at radius 2 is 2.04 bits per heavy atom. The summed E-state index contributed by atoms with van der Waals surface area (Å²) in [6.45, 7) is 7.48. The summed E-state index contributed by atoms with van der Waals surface area (Å²) < 4.78 is 0. The molecule has 1 saturated heterocycles. The van der Waals surface area contributed by atoms with Crippen LogP contribution in [-0.4, -0.2) is 34.7 Å². The summed E-state index contributed by atoms with van der Waals surface area (Å²) in [5.41, 5.74) is 3.34. The first-order chi connectivity index (χ1) is 12.5. The van der Waals surface area contributed by atoms with Crippen molar-refractivity contribution in [1.82, 2.24) is 15.2 Å². The van der Waals surface area contributed by atoms with Crippen molar-refractivity contribution in [2.24, 2.45) is 5.92 Å². The van der Waals surface area contributed by atoms with Crippen molar-refractivity contribution in [2.75, 3.05) is 13.1 Å². The average Bonchev–Trinajstić information content (AvgIpc) is 3.11. The number of hydrogen-bond acceptors (Lipinski definition) is 3. The van der Waals surface area contributed by atoms with Gasteiger partial charge in [0.15, 0.2) is 5.78 Å². The predicted molar refractivity (Wildman–Crippen MR) is 102 cm³/mol. The molecule has 1 unspecified atom stereocenters. The van der Waals surface area contributed by atoms with Crippen molar-refractivity contribution in [3.8, 4) is 0 Å². The third-order valence-corrected chi connectivity index (χ3v) is 5.03. The lowest BCUT2D eigenvalue weighted by molar-refractivity contribution is 0.0946. The molecule has 1 aromatic heterocycles. The molecule has 1 aliphatic rings. The number of rotatable bonds is 6. The van der Waals surface area contributed by atoms with Crippen LogP contribution in [0.1, 0.15) is 58.7 Å². The molecule has 1 aromatic carbocycles. The highest BCUT2D eigenvalue weighted by Gasteiger charge is 2.17. The quantitative estimate of drug-likeness (QED) is 0.783. The molecule has 1 fully saturated rings. The molecule has 2 heterocycles. The Morgan fingerprint density at radius 1 is 1.27 bits per heavy atom. The van der Waals surface area contributed by atoms with E-state index in [9.17, 15) is 9.59 Å². The first-order valence-corrected chi connectivity index (χ1v) is 9.29. The maximum atomic E-state index is 12.3. The zero-order chi connectivity index (χ0) is 18.5. The molecule has 2 aromatic rings. The summed E-state index contributed by atoms with van der Waals surface area (Å²) in [7, 11) is 0. The molecule has 5 nitrogen and oxygen atoms in total. The second kappa shape index (κ2) is 8.32. The van der Waals surface area contributed by atoms with Crippen molar-refractivity contribution < 1.29 is 9.59 Å². The summed E-state index contributed by atoms with van der Waals surface area (Å²) in [6.07, 6.45) is 4.14. The number of Topliss-reactive ketones (excluding diaryl/α,β-unsaturated/α-hetero) is 1. The molecule has 1 atom stereocenters. The van der Waals surface area contributed by atoms with Crippen LogP contribution in [0.15, 0.2) is 36.5 Å². The van der Waals surface area contributed by atoms with Gasteiger partial charge in [0.2, 0.25) is 0 Å². The van der Waals surface area contributed by atoms with E-state index in [1.54, 1.807) is 12.3 Å². The molecule has 3 rings (SSSR count). The Kier molecular flexibility index (Phi) is 5.89. The number of ketones is 1. The van der Waals surface area contributed by atoms with E-state index in [1.165, 1.54) is 25.3 Å². The lowest BCUT2D eigenvalue weighted by Gasteiger charge is -2.31. The molecular weight excluding hydrogens is 326 g/mol. The molecule has 0 radical (unpaired) electrons. The number of aromatic nitrogens is 1. The largest absolute Gasteiger partial charge is 0.356 e. The van der Waals surface area contributed by atoms with Crippen molar-refractivity contribution in [2.45, 2.75) is 39.8 Å². The van der Waals surface area contributed by atoms with E-state index in [-0.39, 0.29) is 11.7 Å². The van der Waals surface area contributed by atoms with Crippen molar-refractivity contribution in [1.29, 1.82) is 0 Å². The van der Waals surface area contributed by atoms with Crippen LogP contribution in [0.5, 0.6) is 0 Å². The van der Waals surface area contributed by atoms with Gasteiger partial charge in [-0.2, -0.15) is 0 Å². The zero-order valence-corrected chi connectivity index (χ0v) is 15.5. The zero-order valence-electron chi connectivity index (χ0n) is 15.5. The summed E-state index contributed by atoms with van der Waals surface area (Å²) in [6, 6.07) is 9.87. The number of likely N-dealkylation sites (tertiary alicyclic amines) is 1. The average molecular weight is 353 g/mol. The Bertz CT molecular complexity index is 781. The van der Waals surface area contributed by atoms with Crippen molar-refractivity contribution in [3.63, 3.8) is 0 Å². The van der Waals surface area contributed by atoms with Gasteiger partial charge in [0.1, 0.15) is 5.69 Å². The van der Waals surface area contributed by atoms with Crippen LogP contribution in [0.4, 0.5) is 0 Å². The highest BCUT2D eigenvalue weighted by atomic mass is 16.2. The number of aromatic amines is 1. The van der Waals surface area contributed by atoms with Gasteiger partial charge in [-0.15, -0.1) is 0 Å². The lowest BCUT2D eigenvalue weighted by atomic mass is 9.99. The van der Waals surface area contributed by atoms with Gasteiger partial charge >= 0.3 is 0 Å². The summed E-state index contributed by atoms with van der Waals surface area (Å²) >= 11 is 0. The molecule has 0 bridgehead atoms. The SMILES string of the molecule is CC(=O)c1c[nH]c(C(=O)NCc2ccccc2CN2CCCC(C)C2)c1. The third-order valence-electron chi connectivity index (χ3n) is 5.03. The fourth-order valence-electron chi connectivity index (χ4n) is 3.55. The topological polar surface area (TPSA) is 65.2 Å². The van der Waals surface area contributed by atoms with Crippen molar-refractivity contribution >= 4 is 11.7 Å². The van der Waals surface area contributed by atoms with Gasteiger partial charge in [-0.1, -0.05) is 31.2 Å². The fourth-order valence-corrected chi connectivity index (χ4v) is 3.55. The van der Waals surface area contributed by atoms with Crippen LogP contribution in [0, 0.1) is 5.92 Å². The standard InChI is InChI=1S/C21H27N3O2/c1-15-6-5-9-24(13-15)14-18-8-4-3-7-17(18)11-23-21(26)20-10-19(12-22-20)16(2)25/h3-4,7-8,10,12,15,22H,5-6,9,11,13-14H2,1-2H3,(H,23,26). The first kappa shape index (κ1) is 18.4. The number of nitrogens with zero attached hydrogens (tertiary/aromatic N) is 1. The minimum atomic E-state index is -0.195. The van der Waals surface area contributed by atoms with E-state index in [0.717, 1.165) is 31.1 Å². The Hall–Kier alpha value is -2.40. The molecule has 0 spiro atoms. The Balaban J connectivity index is 1.62. The summed E-state index contributed by atoms with van der Waals surface area (Å²) in [5.74, 6) is 0.499. The van der Waals surface area contributed by atoms with Gasteiger partial charge in [-0.3, -0.25) is 14.5 Å². The van der Waals surface area contributed by atoms with Crippen LogP contribution >= 0.6 is 0 Å². The van der Waals surface area contributed by atoms with Gasteiger partial charge in [0.05, 0.1) is 0 Å². The number of nitrogens with one attached hydrogen (secondary N) is 2. The monoisotopic (exact) mass is 353 g/mol. The maximum absolute atomic E-state index is 12.3. The minimum absolute atomic E-state index is 0.0543. The second-order valence-corrected chi connectivity index (χ2v) is 7.29. The van der Waals surface area contributed by atoms with Crippen LogP contribution in [-0.2, 0) is 13.1 Å². The summed E-state index contributed by atoms with van der Waals surface area (Å²) in [4.78, 5) is 29.1. The normalized spacial score (nSPS) is 17.8. The maximum Gasteiger partial charge on any atom is 0.267 e. The fraction of sp³-hybridized carbons (Fsp3) is 0.429. The molecule has 5 heteroatoms. The first-order valence-electron chi connectivity index (χ1n) is 9.29. The van der Waals surface area contributed by atoms with Gasteiger partial charge in [-0.25, -0.2) is 0 Å². The molecule has 26 heavy (non-hydrogen) atoms. The molecule has 2 N–H and O–H groups in total. The molecular formula is C21H27N3O2. The van der Waals surface area contributed by atoms with E-state index >= 15 is 0 Å². The second-order valence-electron chi connectivity index (χ2n) is 7.29. The highest BCUT2D eigenvalue weighted by molar-refractivity contribution is 5.99. The molecule has 1 amide bonds. The van der Waals surface area contributed by atoms with Crippen LogP contribution < -0.4 is 5.32 Å².